The standard InChI is InChI=1S/C15H12BrClF2O2/c1-20-12-6-9(11(18)7-13(12)21-2)14(17)8-4-3-5-10(16)15(8)19/h3-7,14H,1-2H3. The van der Waals surface area contributed by atoms with Gasteiger partial charge in [0.1, 0.15) is 11.6 Å². The van der Waals surface area contributed by atoms with Crippen molar-refractivity contribution in [2.75, 3.05) is 14.2 Å². The number of hydrogen-bond donors (Lipinski definition) is 0. The minimum atomic E-state index is -0.984. The Morgan fingerprint density at radius 3 is 2.29 bits per heavy atom. The van der Waals surface area contributed by atoms with Crippen molar-refractivity contribution in [1.82, 2.24) is 0 Å². The molecule has 0 bridgehead atoms. The molecule has 0 aliphatic heterocycles. The zero-order valence-corrected chi connectivity index (χ0v) is 13.6. The SMILES string of the molecule is COc1cc(F)c(C(Cl)c2cccc(Br)c2F)cc1OC. The van der Waals surface area contributed by atoms with Gasteiger partial charge in [-0.3, -0.25) is 0 Å². The molecule has 0 heterocycles. The second kappa shape index (κ2) is 6.62. The highest BCUT2D eigenvalue weighted by Gasteiger charge is 2.22. The van der Waals surface area contributed by atoms with E-state index in [9.17, 15) is 8.78 Å². The van der Waals surface area contributed by atoms with Crippen LogP contribution in [-0.2, 0) is 0 Å². The number of rotatable bonds is 4. The van der Waals surface area contributed by atoms with Crippen LogP contribution in [0.4, 0.5) is 8.78 Å². The summed E-state index contributed by atoms with van der Waals surface area (Å²) in [6.45, 7) is 0. The molecule has 2 aromatic rings. The average Bonchev–Trinajstić information content (AvgIpc) is 2.49. The predicted molar refractivity (Wildman–Crippen MR) is 81.3 cm³/mol. The zero-order chi connectivity index (χ0) is 15.6. The van der Waals surface area contributed by atoms with Crippen LogP contribution in [0.25, 0.3) is 0 Å². The first-order valence-electron chi connectivity index (χ1n) is 5.99. The Labute approximate surface area is 134 Å². The Balaban J connectivity index is 2.53. The maximum Gasteiger partial charge on any atom is 0.163 e. The molecule has 0 aliphatic rings. The van der Waals surface area contributed by atoms with E-state index in [1.165, 1.54) is 32.4 Å². The van der Waals surface area contributed by atoms with E-state index in [4.69, 9.17) is 21.1 Å². The van der Waals surface area contributed by atoms with Crippen molar-refractivity contribution in [3.63, 3.8) is 0 Å². The van der Waals surface area contributed by atoms with E-state index < -0.39 is 17.0 Å². The van der Waals surface area contributed by atoms with Gasteiger partial charge in [0, 0.05) is 17.2 Å². The molecule has 6 heteroatoms. The van der Waals surface area contributed by atoms with Gasteiger partial charge in [-0.15, -0.1) is 11.6 Å². The predicted octanol–water partition coefficient (Wildman–Crippen LogP) is 5.07. The third-order valence-electron chi connectivity index (χ3n) is 3.03. The molecule has 0 radical (unpaired) electrons. The molecule has 2 nitrogen and oxygen atoms in total. The van der Waals surface area contributed by atoms with E-state index in [-0.39, 0.29) is 21.3 Å². The van der Waals surface area contributed by atoms with E-state index >= 15 is 0 Å². The van der Waals surface area contributed by atoms with Crippen LogP contribution < -0.4 is 9.47 Å². The fourth-order valence-corrected chi connectivity index (χ4v) is 2.67. The largest absolute Gasteiger partial charge is 0.493 e. The molecule has 0 aliphatic carbocycles. The van der Waals surface area contributed by atoms with Gasteiger partial charge in [0.25, 0.3) is 0 Å². The number of ether oxygens (including phenoxy) is 2. The molecule has 0 amide bonds. The second-order valence-corrected chi connectivity index (χ2v) is 5.53. The van der Waals surface area contributed by atoms with E-state index in [1.807, 2.05) is 0 Å². The highest BCUT2D eigenvalue weighted by molar-refractivity contribution is 9.10. The molecular formula is C15H12BrClF2O2. The highest BCUT2D eigenvalue weighted by Crippen LogP contribution is 2.39. The fraction of sp³-hybridized carbons (Fsp3) is 0.200. The minimum absolute atomic E-state index is 0.117. The minimum Gasteiger partial charge on any atom is -0.493 e. The first-order valence-corrected chi connectivity index (χ1v) is 7.22. The van der Waals surface area contributed by atoms with Gasteiger partial charge in [-0.05, 0) is 28.1 Å². The van der Waals surface area contributed by atoms with Crippen molar-refractivity contribution in [2.45, 2.75) is 5.38 Å². The maximum absolute atomic E-state index is 14.2. The third-order valence-corrected chi connectivity index (χ3v) is 4.11. The van der Waals surface area contributed by atoms with E-state index in [1.54, 1.807) is 12.1 Å². The molecule has 0 saturated carbocycles. The van der Waals surface area contributed by atoms with Gasteiger partial charge in [0.15, 0.2) is 11.5 Å². The number of halogens is 4. The lowest BCUT2D eigenvalue weighted by atomic mass is 10.0. The lowest BCUT2D eigenvalue weighted by Gasteiger charge is -2.16. The molecule has 1 unspecified atom stereocenters. The molecule has 1 atom stereocenters. The van der Waals surface area contributed by atoms with Gasteiger partial charge >= 0.3 is 0 Å². The summed E-state index contributed by atoms with van der Waals surface area (Å²) in [5.74, 6) is -0.536. The Morgan fingerprint density at radius 2 is 1.67 bits per heavy atom. The average molecular weight is 378 g/mol. The Morgan fingerprint density at radius 1 is 1.05 bits per heavy atom. The summed E-state index contributed by atoms with van der Waals surface area (Å²) in [4.78, 5) is 0. The van der Waals surface area contributed by atoms with Crippen LogP contribution in [-0.4, -0.2) is 14.2 Å². The molecule has 0 aromatic heterocycles. The van der Waals surface area contributed by atoms with Gasteiger partial charge in [-0.1, -0.05) is 12.1 Å². The second-order valence-electron chi connectivity index (χ2n) is 4.23. The summed E-state index contributed by atoms with van der Waals surface area (Å²) in [6.07, 6.45) is 0. The first kappa shape index (κ1) is 16.0. The van der Waals surface area contributed by atoms with E-state index in [2.05, 4.69) is 15.9 Å². The Kier molecular flexibility index (Phi) is 5.06. The maximum atomic E-state index is 14.2. The van der Waals surface area contributed by atoms with Crippen LogP contribution in [0.1, 0.15) is 16.5 Å². The quantitative estimate of drug-likeness (QED) is 0.692. The van der Waals surface area contributed by atoms with Crippen LogP contribution in [0, 0.1) is 11.6 Å². The summed E-state index contributed by atoms with van der Waals surface area (Å²) in [7, 11) is 2.84. The van der Waals surface area contributed by atoms with Crippen LogP contribution in [0.3, 0.4) is 0 Å². The summed E-state index contributed by atoms with van der Waals surface area (Å²) >= 11 is 9.33. The molecule has 0 spiro atoms. The lowest BCUT2D eigenvalue weighted by Crippen LogP contribution is -2.02. The molecule has 0 fully saturated rings. The number of alkyl halides is 1. The Hall–Kier alpha value is -1.33. The molecule has 0 saturated heterocycles. The molecular weight excluding hydrogens is 366 g/mol. The number of methoxy groups -OCH3 is 2. The Bertz CT molecular complexity index is 664. The first-order chi connectivity index (χ1) is 9.99. The molecule has 2 rings (SSSR count). The van der Waals surface area contributed by atoms with Gasteiger partial charge in [0.2, 0.25) is 0 Å². The van der Waals surface area contributed by atoms with Crippen molar-refractivity contribution in [3.05, 3.63) is 57.6 Å². The summed E-state index contributed by atoms with van der Waals surface area (Å²) in [5, 5.41) is -0.984. The lowest BCUT2D eigenvalue weighted by molar-refractivity contribution is 0.351. The number of hydrogen-bond acceptors (Lipinski definition) is 2. The third kappa shape index (κ3) is 3.14. The monoisotopic (exact) mass is 376 g/mol. The van der Waals surface area contributed by atoms with Crippen molar-refractivity contribution >= 4 is 27.5 Å². The summed E-state index contributed by atoms with van der Waals surface area (Å²) in [6, 6.07) is 7.27. The van der Waals surface area contributed by atoms with Gasteiger partial charge < -0.3 is 9.47 Å². The topological polar surface area (TPSA) is 18.5 Å². The van der Waals surface area contributed by atoms with Gasteiger partial charge in [-0.25, -0.2) is 8.78 Å². The normalized spacial score (nSPS) is 12.1. The number of benzene rings is 2. The van der Waals surface area contributed by atoms with E-state index in [0.29, 0.717) is 5.75 Å². The van der Waals surface area contributed by atoms with Crippen molar-refractivity contribution in [2.24, 2.45) is 0 Å². The summed E-state index contributed by atoms with van der Waals surface area (Å²) in [5.41, 5.74) is 0.295. The highest BCUT2D eigenvalue weighted by atomic mass is 79.9. The van der Waals surface area contributed by atoms with Gasteiger partial charge in [0.05, 0.1) is 24.1 Å². The smallest absolute Gasteiger partial charge is 0.163 e. The summed E-state index contributed by atoms with van der Waals surface area (Å²) < 4.78 is 38.7. The van der Waals surface area contributed by atoms with Crippen LogP contribution in [0.2, 0.25) is 0 Å². The van der Waals surface area contributed by atoms with Crippen LogP contribution in [0.5, 0.6) is 11.5 Å². The van der Waals surface area contributed by atoms with Crippen molar-refractivity contribution in [1.29, 1.82) is 0 Å². The van der Waals surface area contributed by atoms with Crippen molar-refractivity contribution in [3.8, 4) is 11.5 Å². The van der Waals surface area contributed by atoms with E-state index in [0.717, 1.165) is 0 Å². The zero-order valence-electron chi connectivity index (χ0n) is 11.3. The molecule has 21 heavy (non-hydrogen) atoms. The molecule has 0 N–H and O–H groups in total. The van der Waals surface area contributed by atoms with Crippen molar-refractivity contribution < 1.29 is 18.3 Å². The fourth-order valence-electron chi connectivity index (χ4n) is 1.95. The van der Waals surface area contributed by atoms with Crippen LogP contribution in [0.15, 0.2) is 34.8 Å². The molecule has 112 valence electrons. The molecule has 2 aromatic carbocycles. The van der Waals surface area contributed by atoms with Crippen LogP contribution >= 0.6 is 27.5 Å². The van der Waals surface area contributed by atoms with Gasteiger partial charge in [-0.2, -0.15) is 0 Å².